The normalized spacial score (nSPS) is 11.5. The molecule has 1 amide bonds. The van der Waals surface area contributed by atoms with Crippen molar-refractivity contribution in [1.29, 1.82) is 0 Å². The van der Waals surface area contributed by atoms with E-state index in [1.807, 2.05) is 13.0 Å². The van der Waals surface area contributed by atoms with E-state index in [0.717, 1.165) is 5.56 Å². The van der Waals surface area contributed by atoms with E-state index in [1.165, 1.54) is 35.6 Å². The van der Waals surface area contributed by atoms with E-state index in [9.17, 15) is 18.0 Å². The van der Waals surface area contributed by atoms with Crippen LogP contribution in [-0.2, 0) is 19.6 Å². The van der Waals surface area contributed by atoms with E-state index in [-0.39, 0.29) is 16.5 Å². The van der Waals surface area contributed by atoms with Gasteiger partial charge in [0, 0.05) is 18.8 Å². The van der Waals surface area contributed by atoms with Crippen molar-refractivity contribution in [2.45, 2.75) is 31.7 Å². The van der Waals surface area contributed by atoms with Gasteiger partial charge < -0.3 is 10.1 Å². The number of esters is 1. The van der Waals surface area contributed by atoms with Gasteiger partial charge in [-0.3, -0.25) is 4.79 Å². The number of sulfonamides is 1. The minimum absolute atomic E-state index is 0.0117. The fourth-order valence-corrected chi connectivity index (χ4v) is 3.78. The number of benzene rings is 2. The number of nitrogens with zero attached hydrogens (tertiary/aromatic N) is 1. The molecule has 0 bridgehead atoms. The summed E-state index contributed by atoms with van der Waals surface area (Å²) in [5.41, 5.74) is 1.65. The van der Waals surface area contributed by atoms with Crippen LogP contribution in [0, 0.1) is 6.92 Å². The summed E-state index contributed by atoms with van der Waals surface area (Å²) >= 11 is 0. The summed E-state index contributed by atoms with van der Waals surface area (Å²) in [5, 5.41) is 2.63. The Labute approximate surface area is 165 Å². The molecule has 0 aromatic heterocycles. The van der Waals surface area contributed by atoms with Gasteiger partial charge in [-0.1, -0.05) is 18.2 Å². The minimum atomic E-state index is -3.72. The van der Waals surface area contributed by atoms with Gasteiger partial charge in [-0.25, -0.2) is 13.2 Å². The van der Waals surface area contributed by atoms with E-state index >= 15 is 0 Å². The third kappa shape index (κ3) is 5.40. The van der Waals surface area contributed by atoms with E-state index in [4.69, 9.17) is 4.74 Å². The molecule has 0 aliphatic rings. The maximum atomic E-state index is 12.6. The zero-order valence-corrected chi connectivity index (χ0v) is 17.1. The molecule has 8 heteroatoms. The maximum Gasteiger partial charge on any atom is 0.338 e. The molecule has 0 saturated heterocycles. The summed E-state index contributed by atoms with van der Waals surface area (Å²) in [6.07, 6.45) is 0. The lowest BCUT2D eigenvalue weighted by atomic mass is 10.2. The number of hydrogen-bond acceptors (Lipinski definition) is 5. The molecule has 0 fully saturated rings. The van der Waals surface area contributed by atoms with Crippen molar-refractivity contribution in [3.8, 4) is 0 Å². The molecule has 0 saturated carbocycles. The van der Waals surface area contributed by atoms with Gasteiger partial charge in [-0.2, -0.15) is 4.31 Å². The van der Waals surface area contributed by atoms with Gasteiger partial charge in [0.05, 0.1) is 10.5 Å². The largest absolute Gasteiger partial charge is 0.452 e. The Morgan fingerprint density at radius 2 is 1.79 bits per heavy atom. The monoisotopic (exact) mass is 404 g/mol. The molecule has 28 heavy (non-hydrogen) atoms. The number of rotatable bonds is 7. The van der Waals surface area contributed by atoms with Gasteiger partial charge in [0.15, 0.2) is 6.61 Å². The van der Waals surface area contributed by atoms with Gasteiger partial charge in [0.25, 0.3) is 5.91 Å². The van der Waals surface area contributed by atoms with Crippen molar-refractivity contribution in [1.82, 2.24) is 4.31 Å². The molecule has 0 heterocycles. The second-order valence-electron chi connectivity index (χ2n) is 6.64. The molecule has 0 radical (unpaired) electrons. The Hall–Kier alpha value is -2.71. The first kappa shape index (κ1) is 21.6. The Morgan fingerprint density at radius 1 is 1.11 bits per heavy atom. The predicted molar refractivity (Wildman–Crippen MR) is 107 cm³/mol. The Bertz CT molecular complexity index is 970. The Balaban J connectivity index is 2.04. The SMILES string of the molecule is Cc1cccc(NC(=O)COC(=O)c2cccc(S(=O)(=O)N(C)C(C)C)c2)c1. The van der Waals surface area contributed by atoms with Crippen molar-refractivity contribution < 1.29 is 22.7 Å². The molecule has 2 aromatic rings. The third-order valence-corrected chi connectivity index (χ3v) is 6.14. The number of anilines is 1. The molecule has 1 N–H and O–H groups in total. The van der Waals surface area contributed by atoms with Gasteiger partial charge >= 0.3 is 5.97 Å². The molecule has 2 rings (SSSR count). The number of nitrogens with one attached hydrogen (secondary N) is 1. The summed E-state index contributed by atoms with van der Waals surface area (Å²) in [6.45, 7) is 4.92. The number of hydrogen-bond donors (Lipinski definition) is 1. The lowest BCUT2D eigenvalue weighted by Crippen LogP contribution is -2.33. The van der Waals surface area contributed by atoms with Crippen LogP contribution in [0.1, 0.15) is 29.8 Å². The molecule has 0 aliphatic carbocycles. The topological polar surface area (TPSA) is 92.8 Å². The first-order valence-corrected chi connectivity index (χ1v) is 10.2. The molecule has 0 unspecified atom stereocenters. The number of amides is 1. The van der Waals surface area contributed by atoms with Crippen molar-refractivity contribution in [3.05, 3.63) is 59.7 Å². The molecule has 2 aromatic carbocycles. The molecule has 7 nitrogen and oxygen atoms in total. The second kappa shape index (κ2) is 8.99. The summed E-state index contributed by atoms with van der Waals surface area (Å²) in [7, 11) is -2.25. The van der Waals surface area contributed by atoms with Gasteiger partial charge in [0.1, 0.15) is 0 Å². The first-order valence-electron chi connectivity index (χ1n) is 8.73. The lowest BCUT2D eigenvalue weighted by molar-refractivity contribution is -0.119. The average Bonchev–Trinajstić information content (AvgIpc) is 2.65. The lowest BCUT2D eigenvalue weighted by Gasteiger charge is -2.21. The van der Waals surface area contributed by atoms with E-state index in [0.29, 0.717) is 5.69 Å². The fraction of sp³-hybridized carbons (Fsp3) is 0.300. The van der Waals surface area contributed by atoms with Crippen molar-refractivity contribution >= 4 is 27.6 Å². The Kier molecular flexibility index (Phi) is 6.93. The number of aryl methyl sites for hydroxylation is 1. The van der Waals surface area contributed by atoms with Crippen LogP contribution in [0.3, 0.4) is 0 Å². The van der Waals surface area contributed by atoms with E-state index in [2.05, 4.69) is 5.32 Å². The zero-order valence-electron chi connectivity index (χ0n) is 16.3. The number of carbonyl (C=O) groups excluding carboxylic acids is 2. The van der Waals surface area contributed by atoms with Gasteiger partial charge in [-0.15, -0.1) is 0 Å². The van der Waals surface area contributed by atoms with Gasteiger partial charge in [-0.05, 0) is 56.7 Å². The molecule has 0 aliphatic heterocycles. The first-order chi connectivity index (χ1) is 13.1. The van der Waals surface area contributed by atoms with Crippen LogP contribution in [0.15, 0.2) is 53.4 Å². The van der Waals surface area contributed by atoms with Crippen molar-refractivity contribution in [2.24, 2.45) is 0 Å². The van der Waals surface area contributed by atoms with Gasteiger partial charge in [0.2, 0.25) is 10.0 Å². The standard InChI is InChI=1S/C20H24N2O5S/c1-14(2)22(4)28(25,26)18-10-6-8-16(12-18)20(24)27-13-19(23)21-17-9-5-7-15(3)11-17/h5-12,14H,13H2,1-4H3,(H,21,23). The number of carbonyl (C=O) groups is 2. The smallest absolute Gasteiger partial charge is 0.338 e. The van der Waals surface area contributed by atoms with E-state index in [1.54, 1.807) is 32.0 Å². The van der Waals surface area contributed by atoms with Crippen LogP contribution in [0.2, 0.25) is 0 Å². The molecule has 0 spiro atoms. The minimum Gasteiger partial charge on any atom is -0.452 e. The molecule has 150 valence electrons. The van der Waals surface area contributed by atoms with Crippen LogP contribution >= 0.6 is 0 Å². The highest BCUT2D eigenvalue weighted by Gasteiger charge is 2.24. The average molecular weight is 404 g/mol. The van der Waals surface area contributed by atoms with Crippen LogP contribution in [0.5, 0.6) is 0 Å². The number of ether oxygens (including phenoxy) is 1. The maximum absolute atomic E-state index is 12.6. The highest BCUT2D eigenvalue weighted by Crippen LogP contribution is 2.18. The molecule has 0 atom stereocenters. The summed E-state index contributed by atoms with van der Waals surface area (Å²) < 4.78 is 31.3. The zero-order chi connectivity index (χ0) is 20.9. The molecular weight excluding hydrogens is 380 g/mol. The van der Waals surface area contributed by atoms with Crippen molar-refractivity contribution in [2.75, 3.05) is 19.0 Å². The summed E-state index contributed by atoms with van der Waals surface area (Å²) in [5.74, 6) is -1.26. The fourth-order valence-electron chi connectivity index (χ4n) is 2.36. The highest BCUT2D eigenvalue weighted by molar-refractivity contribution is 7.89. The van der Waals surface area contributed by atoms with Crippen LogP contribution in [0.25, 0.3) is 0 Å². The molecular formula is C20H24N2O5S. The summed E-state index contributed by atoms with van der Waals surface area (Å²) in [6, 6.07) is 12.5. The quantitative estimate of drug-likeness (QED) is 0.717. The highest BCUT2D eigenvalue weighted by atomic mass is 32.2. The second-order valence-corrected chi connectivity index (χ2v) is 8.63. The van der Waals surface area contributed by atoms with Crippen LogP contribution < -0.4 is 5.32 Å². The predicted octanol–water partition coefficient (Wildman–Crippen LogP) is 2.82. The van der Waals surface area contributed by atoms with E-state index < -0.39 is 28.5 Å². The third-order valence-electron chi connectivity index (χ3n) is 4.11. The Morgan fingerprint density at radius 3 is 2.43 bits per heavy atom. The van der Waals surface area contributed by atoms with Crippen molar-refractivity contribution in [3.63, 3.8) is 0 Å². The summed E-state index contributed by atoms with van der Waals surface area (Å²) in [4.78, 5) is 24.2. The van der Waals surface area contributed by atoms with Crippen LogP contribution in [0.4, 0.5) is 5.69 Å². The van der Waals surface area contributed by atoms with Crippen LogP contribution in [-0.4, -0.2) is 44.3 Å².